The average Bonchev–Trinajstić information content (AvgIpc) is 3.32. The molecule has 4 aliphatic rings. The van der Waals surface area contributed by atoms with E-state index in [1.54, 1.807) is 18.3 Å². The minimum absolute atomic E-state index is 0.109. The van der Waals surface area contributed by atoms with Crippen LogP contribution in [0.3, 0.4) is 0 Å². The third-order valence-corrected chi connectivity index (χ3v) is 8.32. The highest BCUT2D eigenvalue weighted by Crippen LogP contribution is 2.50. The summed E-state index contributed by atoms with van der Waals surface area (Å²) in [6.45, 7) is 1.93. The number of nitrogens with zero attached hydrogens (tertiary/aromatic N) is 4. The van der Waals surface area contributed by atoms with Crippen LogP contribution in [-0.4, -0.2) is 43.2 Å². The maximum Gasteiger partial charge on any atom is 0.490 e. The van der Waals surface area contributed by atoms with Gasteiger partial charge in [-0.25, -0.2) is 19.6 Å². The number of nitrogens with one attached hydrogen (secondary N) is 3. The summed E-state index contributed by atoms with van der Waals surface area (Å²) < 4.78 is 52.6. The first-order valence-corrected chi connectivity index (χ1v) is 13.9. The van der Waals surface area contributed by atoms with Gasteiger partial charge in [0.15, 0.2) is 0 Å². The third kappa shape index (κ3) is 4.28. The lowest BCUT2D eigenvalue weighted by molar-refractivity contribution is -0.0379. The van der Waals surface area contributed by atoms with Crippen LogP contribution in [0.25, 0.3) is 16.7 Å². The van der Waals surface area contributed by atoms with Gasteiger partial charge in [-0.3, -0.25) is 9.73 Å². The summed E-state index contributed by atoms with van der Waals surface area (Å²) in [7, 11) is -1.11. The summed E-state index contributed by atoms with van der Waals surface area (Å²) in [5.74, 6) is 0.450. The van der Waals surface area contributed by atoms with Crippen LogP contribution in [0.1, 0.15) is 28.4 Å². The van der Waals surface area contributed by atoms with Crippen LogP contribution in [0.5, 0.6) is 0 Å². The predicted octanol–water partition coefficient (Wildman–Crippen LogP) is 5.14. The molecule has 1 aromatic heterocycles. The summed E-state index contributed by atoms with van der Waals surface area (Å²) in [4.78, 5) is 11.8. The van der Waals surface area contributed by atoms with E-state index in [0.717, 1.165) is 58.9 Å². The van der Waals surface area contributed by atoms with Crippen LogP contribution in [0, 0.1) is 0 Å². The Labute approximate surface area is 230 Å². The number of benzene rings is 2. The smallest absolute Gasteiger partial charge is 0.324 e. The van der Waals surface area contributed by atoms with Crippen molar-refractivity contribution in [1.29, 1.82) is 0 Å². The average molecular weight is 564 g/mol. The molecule has 7 rings (SSSR count). The molecule has 8 nitrogen and oxygen atoms in total. The number of rotatable bonds is 4. The molecular weight excluding hydrogens is 539 g/mol. The van der Waals surface area contributed by atoms with Crippen LogP contribution in [-0.2, 0) is 24.0 Å². The van der Waals surface area contributed by atoms with E-state index >= 15 is 0 Å². The van der Waals surface area contributed by atoms with Crippen molar-refractivity contribution >= 4 is 33.9 Å². The molecule has 2 aromatic carbocycles. The Bertz CT molecular complexity index is 1670. The second-order valence-corrected chi connectivity index (χ2v) is 11.3. The molecule has 4 heterocycles. The molecule has 0 saturated carbocycles. The van der Waals surface area contributed by atoms with E-state index < -0.39 is 16.5 Å². The van der Waals surface area contributed by atoms with Gasteiger partial charge in [-0.15, -0.1) is 0 Å². The molecule has 0 saturated heterocycles. The lowest BCUT2D eigenvalue weighted by Gasteiger charge is -2.27. The quantitative estimate of drug-likeness (QED) is 0.405. The zero-order valence-corrected chi connectivity index (χ0v) is 22.1. The monoisotopic (exact) mass is 563 g/mol. The van der Waals surface area contributed by atoms with E-state index in [2.05, 4.69) is 44.5 Å². The molecule has 1 aliphatic carbocycles. The predicted molar refractivity (Wildman–Crippen MR) is 148 cm³/mol. The van der Waals surface area contributed by atoms with Crippen molar-refractivity contribution in [3.63, 3.8) is 0 Å². The molecule has 40 heavy (non-hydrogen) atoms. The summed E-state index contributed by atoms with van der Waals surface area (Å²) in [6.07, 6.45) is 10.4. The first-order chi connectivity index (χ1) is 19.2. The Morgan fingerprint density at radius 1 is 1.07 bits per heavy atom. The topological polar surface area (TPSA) is 85.4 Å². The van der Waals surface area contributed by atoms with Gasteiger partial charge in [0.1, 0.15) is 0 Å². The zero-order chi connectivity index (χ0) is 27.6. The SMILES string of the molecule is CN1CCc2ccc(Nc3ncc4c(n3)C3=C5C=CC=CN5NC3c3cc(NS(=O)C(F)(F)F)ccc3-4)cc2C1. The van der Waals surface area contributed by atoms with Crippen LogP contribution < -0.4 is 15.5 Å². The first kappa shape index (κ1) is 25.0. The van der Waals surface area contributed by atoms with Gasteiger partial charge < -0.3 is 10.2 Å². The summed E-state index contributed by atoms with van der Waals surface area (Å²) >= 11 is 0. The molecule has 204 valence electrons. The number of hydrogen-bond acceptors (Lipinski definition) is 7. The van der Waals surface area contributed by atoms with Crippen molar-refractivity contribution in [2.24, 2.45) is 0 Å². The Kier molecular flexibility index (Phi) is 5.81. The van der Waals surface area contributed by atoms with Gasteiger partial charge in [-0.05, 0) is 72.1 Å². The van der Waals surface area contributed by atoms with Gasteiger partial charge in [-0.2, -0.15) is 13.2 Å². The number of fused-ring (bicyclic) bond motifs is 8. The zero-order valence-electron chi connectivity index (χ0n) is 21.3. The van der Waals surface area contributed by atoms with Gasteiger partial charge in [0.25, 0.3) is 0 Å². The highest BCUT2D eigenvalue weighted by Gasteiger charge is 2.41. The summed E-state index contributed by atoms with van der Waals surface area (Å²) in [5.41, 5.74) is 6.98. The second kappa shape index (κ2) is 9.29. The number of likely N-dealkylation sites (N-methyl/N-ethyl adjacent to an activating group) is 1. The van der Waals surface area contributed by atoms with E-state index in [4.69, 9.17) is 4.98 Å². The fourth-order valence-corrected chi connectivity index (χ4v) is 6.09. The molecule has 0 bridgehead atoms. The number of anilines is 3. The Morgan fingerprint density at radius 2 is 1.93 bits per heavy atom. The van der Waals surface area contributed by atoms with Crippen LogP contribution in [0.4, 0.5) is 30.5 Å². The van der Waals surface area contributed by atoms with Gasteiger partial charge in [-0.1, -0.05) is 18.2 Å². The number of aromatic nitrogens is 2. The Morgan fingerprint density at radius 3 is 2.77 bits per heavy atom. The van der Waals surface area contributed by atoms with Crippen molar-refractivity contribution in [3.05, 3.63) is 95.1 Å². The Hall–Kier alpha value is -4.00. The van der Waals surface area contributed by atoms with Gasteiger partial charge >= 0.3 is 5.51 Å². The van der Waals surface area contributed by atoms with Crippen molar-refractivity contribution in [1.82, 2.24) is 25.3 Å². The Balaban J connectivity index is 1.29. The molecule has 2 unspecified atom stereocenters. The third-order valence-electron chi connectivity index (χ3n) is 7.48. The van der Waals surface area contributed by atoms with E-state index in [-0.39, 0.29) is 11.7 Å². The van der Waals surface area contributed by atoms with E-state index in [1.807, 2.05) is 35.5 Å². The van der Waals surface area contributed by atoms with Crippen molar-refractivity contribution in [2.75, 3.05) is 23.6 Å². The molecule has 0 radical (unpaired) electrons. The van der Waals surface area contributed by atoms with E-state index in [0.29, 0.717) is 5.95 Å². The number of halogens is 3. The van der Waals surface area contributed by atoms with Crippen molar-refractivity contribution in [2.45, 2.75) is 24.5 Å². The largest absolute Gasteiger partial charge is 0.490 e. The minimum atomic E-state index is -4.87. The molecule has 0 spiro atoms. The number of alkyl halides is 3. The van der Waals surface area contributed by atoms with Gasteiger partial charge in [0, 0.05) is 48.0 Å². The van der Waals surface area contributed by atoms with Crippen LogP contribution in [0.15, 0.2) is 72.7 Å². The number of hydrogen-bond donors (Lipinski definition) is 3. The molecule has 3 aromatic rings. The van der Waals surface area contributed by atoms with Crippen molar-refractivity contribution < 1.29 is 17.4 Å². The number of allylic oxidation sites excluding steroid dienone is 3. The maximum absolute atomic E-state index is 13.0. The summed E-state index contributed by atoms with van der Waals surface area (Å²) in [6, 6.07) is 10.8. The minimum Gasteiger partial charge on any atom is -0.324 e. The van der Waals surface area contributed by atoms with E-state index in [9.17, 15) is 17.4 Å². The molecule has 0 fully saturated rings. The molecule has 0 amide bonds. The highest BCUT2D eigenvalue weighted by atomic mass is 32.2. The molecular formula is C28H24F3N7OS. The fourth-order valence-electron chi connectivity index (χ4n) is 5.63. The van der Waals surface area contributed by atoms with Crippen LogP contribution in [0.2, 0.25) is 0 Å². The maximum atomic E-state index is 13.0. The van der Waals surface area contributed by atoms with Crippen LogP contribution >= 0.6 is 0 Å². The molecule has 3 N–H and O–H groups in total. The standard InChI is InChI=1S/C28H24F3N7OS/c1-37-11-9-16-5-6-18(12-17(16)15-37)33-27-32-14-22-20-8-7-19(36-40(39)28(29,30)31)13-21(20)26-24(25(22)34-27)23-4-2-3-10-38(23)35-26/h2-8,10,12-14,26,35-36H,9,11,15H2,1H3,(H,32,33,34). The van der Waals surface area contributed by atoms with Gasteiger partial charge in [0.05, 0.1) is 17.4 Å². The van der Waals surface area contributed by atoms with E-state index in [1.165, 1.54) is 17.2 Å². The molecule has 2 atom stereocenters. The van der Waals surface area contributed by atoms with Gasteiger partial charge in [0.2, 0.25) is 16.9 Å². The molecule has 12 heteroatoms. The molecule has 3 aliphatic heterocycles. The fraction of sp³-hybridized carbons (Fsp3) is 0.214. The lowest BCUT2D eigenvalue weighted by Crippen LogP contribution is -2.30. The summed E-state index contributed by atoms with van der Waals surface area (Å²) in [5, 5.41) is 5.24. The lowest BCUT2D eigenvalue weighted by atomic mass is 9.82. The second-order valence-electron chi connectivity index (χ2n) is 10.1. The number of hydrazine groups is 1. The van der Waals surface area contributed by atoms with Crippen molar-refractivity contribution in [3.8, 4) is 11.1 Å². The first-order valence-electron chi connectivity index (χ1n) is 12.7. The highest BCUT2D eigenvalue weighted by molar-refractivity contribution is 7.87. The normalized spacial score (nSPS) is 19.9.